The number of hydrogen-bond acceptors (Lipinski definition) is 9. The number of carbonyl (C=O) groups is 2. The lowest BCUT2D eigenvalue weighted by Gasteiger charge is -2.33. The number of methoxy groups -OCH3 is 1. The lowest BCUT2D eigenvalue weighted by molar-refractivity contribution is -0.286. The van der Waals surface area contributed by atoms with E-state index in [9.17, 15) is 18.4 Å². The number of alkyl halides is 2. The summed E-state index contributed by atoms with van der Waals surface area (Å²) in [5.41, 5.74) is 0.679. The van der Waals surface area contributed by atoms with Crippen LogP contribution in [0, 0.1) is 0 Å². The van der Waals surface area contributed by atoms with Crippen molar-refractivity contribution in [1.29, 1.82) is 0 Å². The second-order valence-electron chi connectivity index (χ2n) is 9.47. The van der Waals surface area contributed by atoms with E-state index in [1.165, 1.54) is 23.5 Å². The van der Waals surface area contributed by atoms with Crippen molar-refractivity contribution < 1.29 is 42.1 Å². The van der Waals surface area contributed by atoms with Gasteiger partial charge < -0.3 is 29.0 Å². The van der Waals surface area contributed by atoms with Gasteiger partial charge in [-0.15, -0.1) is 20.1 Å². The first-order valence-corrected chi connectivity index (χ1v) is 13.3. The average Bonchev–Trinajstić information content (AvgIpc) is 3.46. The monoisotopic (exact) mass is 558 g/mol. The predicted molar refractivity (Wildman–Crippen MR) is 133 cm³/mol. The van der Waals surface area contributed by atoms with E-state index in [2.05, 4.69) is 19.8 Å². The van der Waals surface area contributed by atoms with Gasteiger partial charge in [0.1, 0.15) is 16.5 Å². The van der Waals surface area contributed by atoms with Gasteiger partial charge in [-0.1, -0.05) is 6.07 Å². The number of fused-ring (bicyclic) bond motifs is 2. The van der Waals surface area contributed by atoms with Crippen LogP contribution in [-0.2, 0) is 14.9 Å². The van der Waals surface area contributed by atoms with E-state index in [0.29, 0.717) is 41.3 Å². The van der Waals surface area contributed by atoms with Crippen LogP contribution in [0.4, 0.5) is 8.78 Å². The van der Waals surface area contributed by atoms with E-state index in [-0.39, 0.29) is 29.7 Å². The Labute approximate surface area is 226 Å². The van der Waals surface area contributed by atoms with E-state index >= 15 is 0 Å². The molecule has 1 aliphatic carbocycles. The maximum absolute atomic E-state index is 13.7. The van der Waals surface area contributed by atoms with Crippen LogP contribution in [0.1, 0.15) is 65.0 Å². The summed E-state index contributed by atoms with van der Waals surface area (Å²) in [6, 6.07) is 9.39. The number of nitrogens with one attached hydrogen (secondary N) is 1. The second-order valence-corrected chi connectivity index (χ2v) is 10.4. The molecule has 12 heteroatoms. The summed E-state index contributed by atoms with van der Waals surface area (Å²) in [6.45, 7) is 1.96. The highest BCUT2D eigenvalue weighted by atomic mass is 32.1. The summed E-state index contributed by atoms with van der Waals surface area (Å²) in [7, 11) is 1.55. The summed E-state index contributed by atoms with van der Waals surface area (Å²) in [5.74, 6) is 0.203. The first kappa shape index (κ1) is 25.4. The molecule has 3 aliphatic rings. The van der Waals surface area contributed by atoms with Gasteiger partial charge in [0.15, 0.2) is 23.3 Å². The van der Waals surface area contributed by atoms with Crippen molar-refractivity contribution in [2.45, 2.75) is 50.0 Å². The van der Waals surface area contributed by atoms with Crippen LogP contribution >= 0.6 is 11.3 Å². The quantitative estimate of drug-likeness (QED) is 0.401. The Kier molecular flexibility index (Phi) is 6.09. The van der Waals surface area contributed by atoms with E-state index in [1.54, 1.807) is 37.6 Å². The SMILES string of the molecule is CCOC(=O)c1csc([C@@H]2C[C@H](NC(=O)C3(c4ccc5c(c4)OC(F)(F)O5)CC3)c3ccc(OC)cc3O2)n1. The van der Waals surface area contributed by atoms with Crippen molar-refractivity contribution in [3.8, 4) is 23.0 Å². The van der Waals surface area contributed by atoms with Crippen molar-refractivity contribution in [3.05, 3.63) is 63.6 Å². The molecule has 1 fully saturated rings. The molecule has 0 saturated heterocycles. The van der Waals surface area contributed by atoms with Crippen LogP contribution < -0.4 is 24.3 Å². The highest BCUT2D eigenvalue weighted by Crippen LogP contribution is 2.53. The van der Waals surface area contributed by atoms with Crippen molar-refractivity contribution >= 4 is 23.2 Å². The number of rotatable bonds is 7. The van der Waals surface area contributed by atoms with Crippen molar-refractivity contribution in [2.24, 2.45) is 0 Å². The van der Waals surface area contributed by atoms with Crippen LogP contribution in [0.3, 0.4) is 0 Å². The molecule has 6 rings (SSSR count). The van der Waals surface area contributed by atoms with Crippen molar-refractivity contribution in [1.82, 2.24) is 10.3 Å². The molecule has 39 heavy (non-hydrogen) atoms. The molecule has 2 atom stereocenters. The van der Waals surface area contributed by atoms with E-state index in [1.807, 2.05) is 6.07 Å². The molecule has 1 saturated carbocycles. The van der Waals surface area contributed by atoms with Crippen LogP contribution in [0.2, 0.25) is 0 Å². The maximum Gasteiger partial charge on any atom is 0.586 e. The average molecular weight is 559 g/mol. The fourth-order valence-electron chi connectivity index (χ4n) is 4.91. The number of aromatic nitrogens is 1. The van der Waals surface area contributed by atoms with E-state index in [4.69, 9.17) is 14.2 Å². The molecule has 204 valence electrons. The Morgan fingerprint density at radius 2 is 1.92 bits per heavy atom. The Morgan fingerprint density at radius 3 is 2.67 bits per heavy atom. The Bertz CT molecular complexity index is 1460. The van der Waals surface area contributed by atoms with Crippen LogP contribution in [0.5, 0.6) is 23.0 Å². The highest BCUT2D eigenvalue weighted by molar-refractivity contribution is 7.09. The molecule has 1 aromatic heterocycles. The fraction of sp³-hybridized carbons (Fsp3) is 0.370. The summed E-state index contributed by atoms with van der Waals surface area (Å²) < 4.78 is 52.8. The second kappa shape index (κ2) is 9.37. The van der Waals surface area contributed by atoms with Gasteiger partial charge in [0.05, 0.1) is 25.2 Å². The Hall–Kier alpha value is -3.93. The van der Waals surface area contributed by atoms with Gasteiger partial charge in [0.25, 0.3) is 0 Å². The first-order chi connectivity index (χ1) is 18.7. The molecule has 0 spiro atoms. The third-order valence-electron chi connectivity index (χ3n) is 7.04. The predicted octanol–water partition coefficient (Wildman–Crippen LogP) is 5.06. The van der Waals surface area contributed by atoms with Gasteiger partial charge in [0, 0.05) is 23.4 Å². The number of nitrogens with zero attached hydrogens (tertiary/aromatic N) is 1. The summed E-state index contributed by atoms with van der Waals surface area (Å²) in [6.07, 6.45) is -2.78. The minimum atomic E-state index is -3.73. The smallest absolute Gasteiger partial charge is 0.497 e. The molecule has 0 radical (unpaired) electrons. The number of carbonyl (C=O) groups excluding carboxylic acids is 2. The standard InChI is InChI=1S/C27H24F2N2O7S/c1-3-35-24(32)18-13-39-23(30-18)22-12-17(16-6-5-15(34-2)11-20(16)36-22)31-25(33)26(8-9-26)14-4-7-19-21(10-14)38-27(28,29)37-19/h4-7,10-11,13,17,22H,3,8-9,12H2,1-2H3,(H,31,33)/t17-,22-/m0/s1. The lowest BCUT2D eigenvalue weighted by Crippen LogP contribution is -2.39. The minimum Gasteiger partial charge on any atom is -0.497 e. The fourth-order valence-corrected chi connectivity index (χ4v) is 5.74. The molecular formula is C27H24F2N2O7S. The maximum atomic E-state index is 13.7. The van der Waals surface area contributed by atoms with Crippen LogP contribution in [0.25, 0.3) is 0 Å². The zero-order chi connectivity index (χ0) is 27.4. The summed E-state index contributed by atoms with van der Waals surface area (Å²) >= 11 is 1.27. The van der Waals surface area contributed by atoms with Crippen molar-refractivity contribution in [3.63, 3.8) is 0 Å². The number of amides is 1. The van der Waals surface area contributed by atoms with E-state index < -0.39 is 29.8 Å². The Morgan fingerprint density at radius 1 is 1.13 bits per heavy atom. The third-order valence-corrected chi connectivity index (χ3v) is 7.98. The largest absolute Gasteiger partial charge is 0.586 e. The molecule has 3 heterocycles. The number of benzene rings is 2. The van der Waals surface area contributed by atoms with Gasteiger partial charge >= 0.3 is 12.3 Å². The number of thiazole rings is 1. The number of hydrogen-bond donors (Lipinski definition) is 1. The van der Waals surface area contributed by atoms with E-state index in [0.717, 1.165) is 5.56 Å². The number of esters is 1. The third kappa shape index (κ3) is 4.62. The molecule has 2 aromatic carbocycles. The zero-order valence-corrected chi connectivity index (χ0v) is 21.8. The molecular weight excluding hydrogens is 534 g/mol. The molecule has 0 unspecified atom stereocenters. The van der Waals surface area contributed by atoms with Gasteiger partial charge in [-0.3, -0.25) is 4.79 Å². The number of halogens is 2. The highest BCUT2D eigenvalue weighted by Gasteiger charge is 2.53. The minimum absolute atomic E-state index is 0.0688. The molecule has 2 aliphatic heterocycles. The van der Waals surface area contributed by atoms with Gasteiger partial charge in [0.2, 0.25) is 5.91 Å². The summed E-state index contributed by atoms with van der Waals surface area (Å²) in [4.78, 5) is 30.3. The zero-order valence-electron chi connectivity index (χ0n) is 21.0. The normalized spacial score (nSPS) is 21.3. The lowest BCUT2D eigenvalue weighted by atomic mass is 9.91. The summed E-state index contributed by atoms with van der Waals surface area (Å²) in [5, 5.41) is 5.34. The van der Waals surface area contributed by atoms with Crippen LogP contribution in [-0.4, -0.2) is 36.9 Å². The van der Waals surface area contributed by atoms with Gasteiger partial charge in [-0.2, -0.15) is 0 Å². The molecule has 1 N–H and O–H groups in total. The number of ether oxygens (including phenoxy) is 5. The Balaban J connectivity index is 1.27. The topological polar surface area (TPSA) is 105 Å². The van der Waals surface area contributed by atoms with Crippen molar-refractivity contribution in [2.75, 3.05) is 13.7 Å². The molecule has 9 nitrogen and oxygen atoms in total. The van der Waals surface area contributed by atoms with Gasteiger partial charge in [-0.25, -0.2) is 9.78 Å². The van der Waals surface area contributed by atoms with Gasteiger partial charge in [-0.05, 0) is 49.6 Å². The molecule has 3 aromatic rings. The molecule has 0 bridgehead atoms. The molecule has 1 amide bonds. The van der Waals surface area contributed by atoms with Crippen LogP contribution in [0.15, 0.2) is 41.8 Å². The first-order valence-electron chi connectivity index (χ1n) is 12.4.